The Labute approximate surface area is 179 Å². The van der Waals surface area contributed by atoms with Gasteiger partial charge >= 0.3 is 0 Å². The number of nitrogens with two attached hydrogens (primary N) is 1. The molecule has 158 valence electrons. The van der Waals surface area contributed by atoms with Crippen LogP contribution in [0.4, 0.5) is 10.2 Å². The van der Waals surface area contributed by atoms with E-state index in [1.807, 2.05) is 6.92 Å². The van der Waals surface area contributed by atoms with Crippen LogP contribution in [-0.2, 0) is 13.5 Å². The van der Waals surface area contributed by atoms with Crippen molar-refractivity contribution in [1.82, 2.24) is 14.8 Å². The molecule has 0 spiro atoms. The number of hydrogen-bond acceptors (Lipinski definition) is 6. The number of aromatic nitrogens is 3. The molecule has 3 aromatic rings. The fourth-order valence-electron chi connectivity index (χ4n) is 4.06. The Morgan fingerprint density at radius 3 is 2.87 bits per heavy atom. The number of benzene rings is 1. The molecule has 7 nitrogen and oxygen atoms in total. The fraction of sp³-hybridized carbons (Fsp3) is 0.304. The second-order valence-corrected chi connectivity index (χ2v) is 7.68. The molecule has 31 heavy (non-hydrogen) atoms. The highest BCUT2D eigenvalue weighted by atomic mass is 19.1. The molecule has 1 aromatic carbocycles. The molecule has 8 heteroatoms. The molecule has 0 amide bonds. The van der Waals surface area contributed by atoms with E-state index < -0.39 is 17.8 Å². The van der Waals surface area contributed by atoms with Gasteiger partial charge in [-0.1, -0.05) is 6.92 Å². The smallest absolute Gasteiger partial charge is 0.166 e. The molecule has 1 aliphatic heterocycles. The molecule has 2 N–H and O–H groups in total. The van der Waals surface area contributed by atoms with Crippen molar-refractivity contribution in [3.8, 4) is 22.9 Å². The molecule has 0 saturated carbocycles. The second kappa shape index (κ2) is 7.84. The number of carbonyl (C=O) groups excluding carboxylic acids is 1. The first-order valence-electron chi connectivity index (χ1n) is 10.1. The van der Waals surface area contributed by atoms with Crippen LogP contribution >= 0.6 is 0 Å². The molecule has 4 rings (SSSR count). The van der Waals surface area contributed by atoms with Crippen molar-refractivity contribution in [2.75, 3.05) is 5.73 Å². The Balaban J connectivity index is 1.99. The molecule has 0 radical (unpaired) electrons. The second-order valence-electron chi connectivity index (χ2n) is 7.68. The third kappa shape index (κ3) is 3.52. The van der Waals surface area contributed by atoms with Crippen molar-refractivity contribution in [2.45, 2.75) is 32.8 Å². The van der Waals surface area contributed by atoms with Gasteiger partial charge in [0.25, 0.3) is 0 Å². The quantitative estimate of drug-likeness (QED) is 0.639. The summed E-state index contributed by atoms with van der Waals surface area (Å²) in [5, 5.41) is 14.2. The van der Waals surface area contributed by atoms with Crippen LogP contribution in [0.15, 0.2) is 30.5 Å². The van der Waals surface area contributed by atoms with Crippen LogP contribution in [0.3, 0.4) is 0 Å². The van der Waals surface area contributed by atoms with E-state index in [1.165, 1.54) is 22.9 Å². The zero-order valence-corrected chi connectivity index (χ0v) is 17.5. The van der Waals surface area contributed by atoms with Crippen LogP contribution in [0.1, 0.15) is 53.7 Å². The van der Waals surface area contributed by atoms with E-state index in [2.05, 4.69) is 16.2 Å². The van der Waals surface area contributed by atoms with Crippen LogP contribution in [0, 0.1) is 23.1 Å². The van der Waals surface area contributed by atoms with Gasteiger partial charge in [0, 0.05) is 47.8 Å². The van der Waals surface area contributed by atoms with Crippen LogP contribution in [0.25, 0.3) is 11.1 Å². The molecule has 0 saturated heterocycles. The topological polar surface area (TPSA) is 107 Å². The van der Waals surface area contributed by atoms with Crippen molar-refractivity contribution in [3.05, 3.63) is 58.8 Å². The number of nitrogens with zero attached hydrogens (tertiary/aromatic N) is 4. The molecule has 2 aromatic heterocycles. The Hall–Kier alpha value is -3.73. The minimum atomic E-state index is -0.644. The minimum Gasteiger partial charge on any atom is -0.482 e. The summed E-state index contributed by atoms with van der Waals surface area (Å²) in [7, 11) is 1.69. The average molecular weight is 419 g/mol. The lowest BCUT2D eigenvalue weighted by Crippen LogP contribution is -2.21. The Morgan fingerprint density at radius 1 is 1.39 bits per heavy atom. The van der Waals surface area contributed by atoms with Crippen molar-refractivity contribution in [1.29, 1.82) is 5.26 Å². The molecule has 3 heterocycles. The maximum absolute atomic E-state index is 14.1. The molecular weight excluding hydrogens is 397 g/mol. The minimum absolute atomic E-state index is 0.113. The molecule has 2 atom stereocenters. The number of hydrogen-bond donors (Lipinski definition) is 1. The van der Waals surface area contributed by atoms with Gasteiger partial charge in [-0.15, -0.1) is 0 Å². The molecule has 1 aliphatic rings. The number of rotatable bonds is 1. The fourth-order valence-corrected chi connectivity index (χ4v) is 4.06. The highest BCUT2D eigenvalue weighted by Crippen LogP contribution is 2.37. The zero-order chi connectivity index (χ0) is 22.3. The van der Waals surface area contributed by atoms with Crippen molar-refractivity contribution in [2.24, 2.45) is 13.0 Å². The van der Waals surface area contributed by atoms with Gasteiger partial charge < -0.3 is 10.5 Å². The highest BCUT2D eigenvalue weighted by Gasteiger charge is 2.29. The number of carbonyl (C=O) groups is 1. The predicted octanol–water partition coefficient (Wildman–Crippen LogP) is 3.98. The third-order valence-corrected chi connectivity index (χ3v) is 5.72. The molecule has 0 fully saturated rings. The number of nitriles is 1. The summed E-state index contributed by atoms with van der Waals surface area (Å²) >= 11 is 0. The summed E-state index contributed by atoms with van der Waals surface area (Å²) in [6.07, 6.45) is 1.82. The average Bonchev–Trinajstić information content (AvgIpc) is 3.07. The standard InChI is InChI=1S/C23H22FN5O2/c1-4-13-7-18-21(19(10-25)29(3)28-18)14-8-20(23(26)27-11-14)31-12(2)17-9-15(24)5-6-16(17)22(13)30/h5-6,8-9,11-13H,4,7H2,1-3H3,(H2,26,27)/t12-,13?/m1/s1. The first-order chi connectivity index (χ1) is 14.8. The summed E-state index contributed by atoms with van der Waals surface area (Å²) in [4.78, 5) is 17.7. The number of Topliss-reactive ketones (excluding diaryl/α,β-unsaturated/α-hetero) is 1. The molecule has 1 unspecified atom stereocenters. The Morgan fingerprint density at radius 2 is 2.16 bits per heavy atom. The monoisotopic (exact) mass is 419 g/mol. The molecule has 0 aliphatic carbocycles. The molecular formula is C23H22FN5O2. The van der Waals surface area contributed by atoms with Crippen molar-refractivity contribution in [3.63, 3.8) is 0 Å². The Bertz CT molecular complexity index is 1230. The summed E-state index contributed by atoms with van der Waals surface area (Å²) in [5.41, 5.74) is 9.10. The first-order valence-corrected chi connectivity index (χ1v) is 10.1. The number of nitrogen functional groups attached to an aromatic ring is 1. The number of ketones is 1. The first kappa shape index (κ1) is 20.5. The highest BCUT2D eigenvalue weighted by molar-refractivity contribution is 5.99. The SMILES string of the molecule is CCC1Cc2nn(C)c(C#N)c2-c2cnc(N)c(c2)O[C@H](C)c2cc(F)ccc2C1=O. The number of fused-ring (bicyclic) bond motifs is 5. The van der Waals surface area contributed by atoms with Gasteiger partial charge in [0.15, 0.2) is 17.4 Å². The van der Waals surface area contributed by atoms with E-state index >= 15 is 0 Å². The number of pyridine rings is 1. The van der Waals surface area contributed by atoms with Gasteiger partial charge in [0.1, 0.15) is 23.7 Å². The lowest BCUT2D eigenvalue weighted by Gasteiger charge is -2.22. The summed E-state index contributed by atoms with van der Waals surface area (Å²) in [6.45, 7) is 3.66. The number of aryl methyl sites for hydroxylation is 1. The normalized spacial score (nSPS) is 18.1. The van der Waals surface area contributed by atoms with E-state index in [9.17, 15) is 14.4 Å². The lowest BCUT2D eigenvalue weighted by molar-refractivity contribution is 0.0910. The summed E-state index contributed by atoms with van der Waals surface area (Å²) in [6, 6.07) is 8.00. The van der Waals surface area contributed by atoms with Crippen LogP contribution < -0.4 is 10.5 Å². The number of anilines is 1. The van der Waals surface area contributed by atoms with E-state index in [4.69, 9.17) is 10.5 Å². The van der Waals surface area contributed by atoms with Crippen molar-refractivity contribution >= 4 is 11.6 Å². The van der Waals surface area contributed by atoms with E-state index in [-0.39, 0.29) is 11.6 Å². The number of halogens is 1. The Kier molecular flexibility index (Phi) is 5.19. The van der Waals surface area contributed by atoms with Gasteiger partial charge in [-0.25, -0.2) is 9.37 Å². The van der Waals surface area contributed by atoms with Crippen LogP contribution in [0.2, 0.25) is 0 Å². The lowest BCUT2D eigenvalue weighted by atomic mass is 9.86. The van der Waals surface area contributed by atoms with Gasteiger partial charge in [0.2, 0.25) is 0 Å². The van der Waals surface area contributed by atoms with Gasteiger partial charge in [-0.05, 0) is 37.6 Å². The maximum Gasteiger partial charge on any atom is 0.166 e. The summed E-state index contributed by atoms with van der Waals surface area (Å²) in [5.74, 6) is -0.505. The summed E-state index contributed by atoms with van der Waals surface area (Å²) < 4.78 is 21.6. The van der Waals surface area contributed by atoms with E-state index in [0.29, 0.717) is 52.2 Å². The van der Waals surface area contributed by atoms with Gasteiger partial charge in [-0.3, -0.25) is 9.48 Å². The van der Waals surface area contributed by atoms with Crippen LogP contribution in [0.5, 0.6) is 5.75 Å². The van der Waals surface area contributed by atoms with Crippen molar-refractivity contribution < 1.29 is 13.9 Å². The van der Waals surface area contributed by atoms with Crippen LogP contribution in [-0.4, -0.2) is 20.5 Å². The van der Waals surface area contributed by atoms with Gasteiger partial charge in [-0.2, -0.15) is 10.4 Å². The third-order valence-electron chi connectivity index (χ3n) is 5.72. The number of ether oxygens (including phenoxy) is 1. The van der Waals surface area contributed by atoms with E-state index in [0.717, 1.165) is 0 Å². The largest absolute Gasteiger partial charge is 0.482 e. The predicted molar refractivity (Wildman–Crippen MR) is 113 cm³/mol. The molecule has 2 bridgehead atoms. The maximum atomic E-state index is 14.1. The zero-order valence-electron chi connectivity index (χ0n) is 17.5. The van der Waals surface area contributed by atoms with Gasteiger partial charge in [0.05, 0.1) is 5.69 Å². The van der Waals surface area contributed by atoms with E-state index in [1.54, 1.807) is 26.2 Å².